The third-order valence-corrected chi connectivity index (χ3v) is 2.35. The van der Waals surface area contributed by atoms with E-state index in [-0.39, 0.29) is 6.10 Å². The van der Waals surface area contributed by atoms with Crippen molar-refractivity contribution in [2.45, 2.75) is 37.9 Å². The molecule has 1 fully saturated rings. The molecule has 2 nitrogen and oxygen atoms in total. The number of hydrogen-bond donors (Lipinski definition) is 1. The van der Waals surface area contributed by atoms with Crippen LogP contribution in [0.25, 0.3) is 0 Å². The Morgan fingerprint density at radius 1 is 1.42 bits per heavy atom. The van der Waals surface area contributed by atoms with E-state index in [4.69, 9.17) is 4.74 Å². The Kier molecular flexibility index (Phi) is 4.26. The van der Waals surface area contributed by atoms with Gasteiger partial charge in [-0.05, 0) is 25.7 Å². The quantitative estimate of drug-likeness (QED) is 0.812. The van der Waals surface area contributed by atoms with E-state index in [9.17, 15) is 5.11 Å². The van der Waals surface area contributed by atoms with Crippen LogP contribution in [0.15, 0.2) is 11.1 Å². The molecule has 0 aliphatic heterocycles. The Labute approximate surface area is 81.7 Å². The summed E-state index contributed by atoms with van der Waals surface area (Å²) >= 11 is 3.24. The van der Waals surface area contributed by atoms with Crippen molar-refractivity contribution >= 4 is 15.9 Å². The molecule has 0 aromatic rings. The van der Waals surface area contributed by atoms with Crippen molar-refractivity contribution in [3.8, 4) is 0 Å². The molecule has 0 saturated heterocycles. The first-order valence-corrected chi connectivity index (χ1v) is 5.10. The maximum atomic E-state index is 9.22. The third-order valence-electron chi connectivity index (χ3n) is 2.12. The maximum absolute atomic E-state index is 9.22. The molecule has 3 heteroatoms. The van der Waals surface area contributed by atoms with E-state index in [1.807, 2.05) is 0 Å². The molecule has 1 aliphatic carbocycles. The molecule has 0 aromatic heterocycles. The van der Waals surface area contributed by atoms with E-state index in [0.29, 0.717) is 12.7 Å². The summed E-state index contributed by atoms with van der Waals surface area (Å²) < 4.78 is 6.42. The predicted molar refractivity (Wildman–Crippen MR) is 52.3 cm³/mol. The normalized spacial score (nSPS) is 30.2. The summed E-state index contributed by atoms with van der Waals surface area (Å²) in [5.74, 6) is 0. The highest BCUT2D eigenvalue weighted by Crippen LogP contribution is 2.21. The second-order valence-electron chi connectivity index (χ2n) is 3.26. The number of hydrogen-bond acceptors (Lipinski definition) is 2. The standard InChI is InChI=1S/C9H15BrO2/c1-7(10)6-12-9-4-2-8(11)3-5-9/h8-9,11H,1-6H2. The van der Waals surface area contributed by atoms with E-state index in [1.54, 1.807) is 0 Å². The van der Waals surface area contributed by atoms with Gasteiger partial charge in [-0.3, -0.25) is 0 Å². The van der Waals surface area contributed by atoms with Crippen molar-refractivity contribution in [3.63, 3.8) is 0 Å². The fourth-order valence-electron chi connectivity index (χ4n) is 1.42. The van der Waals surface area contributed by atoms with Crippen molar-refractivity contribution < 1.29 is 9.84 Å². The Bertz CT molecular complexity index is 151. The molecule has 0 atom stereocenters. The summed E-state index contributed by atoms with van der Waals surface area (Å²) in [5, 5.41) is 9.22. The molecule has 1 aliphatic rings. The second kappa shape index (κ2) is 5.00. The molecular weight excluding hydrogens is 220 g/mol. The van der Waals surface area contributed by atoms with Crippen LogP contribution in [0.4, 0.5) is 0 Å². The number of ether oxygens (including phenoxy) is 1. The van der Waals surface area contributed by atoms with Gasteiger partial charge in [0.2, 0.25) is 0 Å². The van der Waals surface area contributed by atoms with E-state index in [2.05, 4.69) is 22.5 Å². The highest BCUT2D eigenvalue weighted by Gasteiger charge is 2.19. The van der Waals surface area contributed by atoms with Crippen LogP contribution in [0, 0.1) is 0 Å². The highest BCUT2D eigenvalue weighted by molar-refractivity contribution is 9.11. The lowest BCUT2D eigenvalue weighted by Gasteiger charge is -2.25. The van der Waals surface area contributed by atoms with Crippen molar-refractivity contribution in [2.75, 3.05) is 6.61 Å². The van der Waals surface area contributed by atoms with Crippen LogP contribution in [0.2, 0.25) is 0 Å². The molecule has 1 N–H and O–H groups in total. The van der Waals surface area contributed by atoms with Gasteiger partial charge < -0.3 is 9.84 Å². The van der Waals surface area contributed by atoms with Crippen LogP contribution < -0.4 is 0 Å². The van der Waals surface area contributed by atoms with Gasteiger partial charge in [-0.25, -0.2) is 0 Å². The number of rotatable bonds is 3. The molecular formula is C9H15BrO2. The molecule has 0 aromatic carbocycles. The summed E-state index contributed by atoms with van der Waals surface area (Å²) in [6, 6.07) is 0. The van der Waals surface area contributed by atoms with Gasteiger partial charge in [0.05, 0.1) is 18.8 Å². The van der Waals surface area contributed by atoms with Crippen LogP contribution in [-0.4, -0.2) is 23.9 Å². The van der Waals surface area contributed by atoms with Gasteiger partial charge in [-0.2, -0.15) is 0 Å². The number of halogens is 1. The van der Waals surface area contributed by atoms with Gasteiger partial charge in [-0.1, -0.05) is 22.5 Å². The maximum Gasteiger partial charge on any atom is 0.0779 e. The smallest absolute Gasteiger partial charge is 0.0779 e. The molecule has 12 heavy (non-hydrogen) atoms. The zero-order valence-electron chi connectivity index (χ0n) is 7.13. The Hall–Kier alpha value is 0.140. The number of aliphatic hydroxyl groups is 1. The Balaban J connectivity index is 2.13. The fourth-order valence-corrected chi connectivity index (χ4v) is 1.55. The SMILES string of the molecule is C=C(Br)COC1CCC(O)CC1. The van der Waals surface area contributed by atoms with E-state index in [1.165, 1.54) is 0 Å². The molecule has 0 radical (unpaired) electrons. The third kappa shape index (κ3) is 3.70. The predicted octanol–water partition coefficient (Wildman–Crippen LogP) is 2.22. The van der Waals surface area contributed by atoms with E-state index in [0.717, 1.165) is 30.2 Å². The first kappa shape index (κ1) is 10.2. The lowest BCUT2D eigenvalue weighted by molar-refractivity contribution is 0.00851. The Morgan fingerprint density at radius 3 is 2.50 bits per heavy atom. The van der Waals surface area contributed by atoms with E-state index < -0.39 is 0 Å². The molecule has 1 rings (SSSR count). The monoisotopic (exact) mass is 234 g/mol. The molecule has 0 spiro atoms. The molecule has 0 bridgehead atoms. The fraction of sp³-hybridized carbons (Fsp3) is 0.778. The average molecular weight is 235 g/mol. The van der Waals surface area contributed by atoms with Gasteiger partial charge in [0.25, 0.3) is 0 Å². The van der Waals surface area contributed by atoms with Gasteiger partial charge in [0.15, 0.2) is 0 Å². The zero-order chi connectivity index (χ0) is 8.97. The number of aliphatic hydroxyl groups excluding tert-OH is 1. The van der Waals surface area contributed by atoms with Crippen molar-refractivity contribution in [3.05, 3.63) is 11.1 Å². The zero-order valence-corrected chi connectivity index (χ0v) is 8.72. The van der Waals surface area contributed by atoms with Crippen molar-refractivity contribution in [1.29, 1.82) is 0 Å². The lowest BCUT2D eigenvalue weighted by atomic mass is 9.95. The molecule has 0 heterocycles. The van der Waals surface area contributed by atoms with Crippen LogP contribution in [0.5, 0.6) is 0 Å². The Morgan fingerprint density at radius 2 is 2.00 bits per heavy atom. The topological polar surface area (TPSA) is 29.5 Å². The first-order valence-electron chi connectivity index (χ1n) is 4.31. The lowest BCUT2D eigenvalue weighted by Crippen LogP contribution is -2.24. The van der Waals surface area contributed by atoms with Crippen LogP contribution in [0.1, 0.15) is 25.7 Å². The van der Waals surface area contributed by atoms with Crippen LogP contribution in [-0.2, 0) is 4.74 Å². The van der Waals surface area contributed by atoms with Crippen molar-refractivity contribution in [2.24, 2.45) is 0 Å². The molecule has 1 saturated carbocycles. The summed E-state index contributed by atoms with van der Waals surface area (Å²) in [6.45, 7) is 4.28. The summed E-state index contributed by atoms with van der Waals surface area (Å²) in [5.41, 5.74) is 0. The average Bonchev–Trinajstić information content (AvgIpc) is 2.03. The van der Waals surface area contributed by atoms with Gasteiger partial charge in [0, 0.05) is 4.48 Å². The highest BCUT2D eigenvalue weighted by atomic mass is 79.9. The van der Waals surface area contributed by atoms with Crippen molar-refractivity contribution in [1.82, 2.24) is 0 Å². The minimum atomic E-state index is -0.1000. The van der Waals surface area contributed by atoms with Crippen LogP contribution >= 0.6 is 15.9 Å². The molecule has 0 amide bonds. The first-order chi connectivity index (χ1) is 5.68. The summed E-state index contributed by atoms with van der Waals surface area (Å²) in [6.07, 6.45) is 3.92. The molecule has 70 valence electrons. The molecule has 0 unspecified atom stereocenters. The summed E-state index contributed by atoms with van der Waals surface area (Å²) in [7, 11) is 0. The van der Waals surface area contributed by atoms with Crippen LogP contribution in [0.3, 0.4) is 0 Å². The largest absolute Gasteiger partial charge is 0.393 e. The minimum Gasteiger partial charge on any atom is -0.393 e. The van der Waals surface area contributed by atoms with Gasteiger partial charge >= 0.3 is 0 Å². The van der Waals surface area contributed by atoms with Gasteiger partial charge in [0.1, 0.15) is 0 Å². The van der Waals surface area contributed by atoms with Gasteiger partial charge in [-0.15, -0.1) is 0 Å². The minimum absolute atomic E-state index is 0.1000. The summed E-state index contributed by atoms with van der Waals surface area (Å²) in [4.78, 5) is 0. The van der Waals surface area contributed by atoms with E-state index >= 15 is 0 Å². The second-order valence-corrected chi connectivity index (χ2v) is 4.38.